The normalized spacial score (nSPS) is 13.7. The van der Waals surface area contributed by atoms with Crippen molar-refractivity contribution in [2.45, 2.75) is 72.3 Å². The molecule has 90 valence electrons. The molecule has 0 aliphatic heterocycles. The highest BCUT2D eigenvalue weighted by Crippen LogP contribution is 2.24. The molecule has 0 spiro atoms. The van der Waals surface area contributed by atoms with Crippen molar-refractivity contribution in [1.82, 2.24) is 0 Å². The van der Waals surface area contributed by atoms with Crippen LogP contribution in [0.3, 0.4) is 0 Å². The Morgan fingerprint density at radius 3 is 2.40 bits per heavy atom. The zero-order chi connectivity index (χ0) is 11.9. The quantitative estimate of drug-likeness (QED) is 0.474. The number of rotatable bonds is 7. The maximum atomic E-state index is 10.9. The highest BCUT2D eigenvalue weighted by atomic mass is 16.6. The van der Waals surface area contributed by atoms with Crippen LogP contribution in [0.4, 0.5) is 0 Å². The van der Waals surface area contributed by atoms with Gasteiger partial charge < -0.3 is 4.74 Å². The second kappa shape index (κ2) is 6.86. The average molecular weight is 214 g/mol. The Morgan fingerprint density at radius 2 is 1.93 bits per heavy atom. The molecule has 0 bridgehead atoms. The van der Waals surface area contributed by atoms with Crippen molar-refractivity contribution in [2.24, 2.45) is 5.92 Å². The molecule has 1 unspecified atom stereocenters. The lowest BCUT2D eigenvalue weighted by Gasteiger charge is -2.27. The maximum absolute atomic E-state index is 10.9. The first-order valence-corrected chi connectivity index (χ1v) is 6.07. The Kier molecular flexibility index (Phi) is 6.62. The van der Waals surface area contributed by atoms with Crippen LogP contribution in [-0.4, -0.2) is 11.6 Å². The summed E-state index contributed by atoms with van der Waals surface area (Å²) in [7, 11) is 0. The Labute approximate surface area is 94.4 Å². The Bertz CT molecular complexity index is 185. The average Bonchev–Trinajstić information content (AvgIpc) is 2.00. The minimum Gasteiger partial charge on any atom is -0.460 e. The predicted molar refractivity (Wildman–Crippen MR) is 63.8 cm³/mol. The summed E-state index contributed by atoms with van der Waals surface area (Å²) in [5.41, 5.74) is -0.308. The molecule has 0 N–H and O–H groups in total. The summed E-state index contributed by atoms with van der Waals surface area (Å²) in [4.78, 5) is 10.9. The number of unbranched alkanes of at least 4 members (excludes halogenated alkanes) is 2. The van der Waals surface area contributed by atoms with Crippen LogP contribution in [0.15, 0.2) is 0 Å². The summed E-state index contributed by atoms with van der Waals surface area (Å²) in [5.74, 6) is 0.451. The van der Waals surface area contributed by atoms with E-state index in [0.717, 1.165) is 6.42 Å². The van der Waals surface area contributed by atoms with Gasteiger partial charge in [0.05, 0.1) is 0 Å². The molecule has 2 nitrogen and oxygen atoms in total. The van der Waals surface area contributed by atoms with Gasteiger partial charge in [-0.25, -0.2) is 0 Å². The Hall–Kier alpha value is -0.530. The van der Waals surface area contributed by atoms with E-state index in [1.807, 2.05) is 13.8 Å². The summed E-state index contributed by atoms with van der Waals surface area (Å²) < 4.78 is 5.28. The van der Waals surface area contributed by atoms with E-state index in [2.05, 4.69) is 13.8 Å². The summed E-state index contributed by atoms with van der Waals surface area (Å²) in [6.45, 7) is 9.91. The number of esters is 1. The van der Waals surface area contributed by atoms with E-state index in [4.69, 9.17) is 4.74 Å². The van der Waals surface area contributed by atoms with Gasteiger partial charge in [-0.3, -0.25) is 4.79 Å². The minimum atomic E-state index is -0.308. The lowest BCUT2D eigenvalue weighted by atomic mass is 9.90. The lowest BCUT2D eigenvalue weighted by Crippen LogP contribution is -2.29. The highest BCUT2D eigenvalue weighted by molar-refractivity contribution is 5.66. The van der Waals surface area contributed by atoms with Crippen molar-refractivity contribution in [1.29, 1.82) is 0 Å². The van der Waals surface area contributed by atoms with E-state index < -0.39 is 0 Å². The topological polar surface area (TPSA) is 26.3 Å². The molecule has 0 saturated carbocycles. The van der Waals surface area contributed by atoms with Gasteiger partial charge in [-0.15, -0.1) is 0 Å². The lowest BCUT2D eigenvalue weighted by molar-refractivity contribution is -0.155. The first kappa shape index (κ1) is 14.5. The first-order valence-electron chi connectivity index (χ1n) is 6.07. The Morgan fingerprint density at radius 1 is 1.33 bits per heavy atom. The maximum Gasteiger partial charge on any atom is 0.303 e. The van der Waals surface area contributed by atoms with Crippen LogP contribution in [0.2, 0.25) is 0 Å². The van der Waals surface area contributed by atoms with Gasteiger partial charge >= 0.3 is 5.97 Å². The van der Waals surface area contributed by atoms with Gasteiger partial charge in [-0.2, -0.15) is 0 Å². The summed E-state index contributed by atoms with van der Waals surface area (Å²) >= 11 is 0. The third-order valence-electron chi connectivity index (χ3n) is 2.56. The molecule has 0 aromatic carbocycles. The number of carbonyl (C=O) groups is 1. The van der Waals surface area contributed by atoms with Crippen LogP contribution < -0.4 is 0 Å². The van der Waals surface area contributed by atoms with Crippen molar-refractivity contribution in [3.8, 4) is 0 Å². The van der Waals surface area contributed by atoms with Crippen LogP contribution in [0, 0.1) is 5.92 Å². The second-order valence-electron chi connectivity index (χ2n) is 5.16. The van der Waals surface area contributed by atoms with E-state index in [0.29, 0.717) is 5.92 Å². The van der Waals surface area contributed by atoms with Gasteiger partial charge in [-0.1, -0.05) is 39.5 Å². The minimum absolute atomic E-state index is 0.180. The van der Waals surface area contributed by atoms with Gasteiger partial charge in [0, 0.05) is 6.92 Å². The predicted octanol–water partition coefficient (Wildman–Crippen LogP) is 3.93. The fourth-order valence-electron chi connectivity index (χ4n) is 2.11. The molecule has 0 aromatic heterocycles. The molecule has 2 heteroatoms. The Balaban J connectivity index is 3.82. The van der Waals surface area contributed by atoms with E-state index in [9.17, 15) is 4.79 Å². The van der Waals surface area contributed by atoms with Crippen molar-refractivity contribution >= 4 is 5.97 Å². The third kappa shape index (κ3) is 8.46. The summed E-state index contributed by atoms with van der Waals surface area (Å²) in [6, 6.07) is 0. The molecule has 0 amide bonds. The smallest absolute Gasteiger partial charge is 0.303 e. The monoisotopic (exact) mass is 214 g/mol. The number of ether oxygens (including phenoxy) is 1. The number of carbonyl (C=O) groups excluding carboxylic acids is 1. The fraction of sp³-hybridized carbons (Fsp3) is 0.923. The van der Waals surface area contributed by atoms with Crippen molar-refractivity contribution < 1.29 is 9.53 Å². The van der Waals surface area contributed by atoms with Crippen LogP contribution in [0.5, 0.6) is 0 Å². The van der Waals surface area contributed by atoms with E-state index in [1.165, 1.54) is 32.6 Å². The SMILES string of the molecule is CCCCCC(C)CC(C)(C)OC(C)=O. The molecule has 0 radical (unpaired) electrons. The molecule has 0 fully saturated rings. The zero-order valence-electron chi connectivity index (χ0n) is 10.9. The van der Waals surface area contributed by atoms with Gasteiger partial charge in [0.15, 0.2) is 0 Å². The van der Waals surface area contributed by atoms with Gasteiger partial charge in [0.2, 0.25) is 0 Å². The van der Waals surface area contributed by atoms with Gasteiger partial charge in [0.1, 0.15) is 5.60 Å². The molecular formula is C13H26O2. The van der Waals surface area contributed by atoms with E-state index in [-0.39, 0.29) is 11.6 Å². The first-order chi connectivity index (χ1) is 6.87. The van der Waals surface area contributed by atoms with Gasteiger partial charge in [-0.05, 0) is 26.2 Å². The third-order valence-corrected chi connectivity index (χ3v) is 2.56. The second-order valence-corrected chi connectivity index (χ2v) is 5.16. The molecule has 0 aliphatic carbocycles. The molecule has 0 rings (SSSR count). The molecule has 1 atom stereocenters. The van der Waals surface area contributed by atoms with Gasteiger partial charge in [0.25, 0.3) is 0 Å². The number of hydrogen-bond donors (Lipinski definition) is 0. The standard InChI is InChI=1S/C13H26O2/c1-6-7-8-9-11(2)10-13(4,5)15-12(3)14/h11H,6-10H2,1-5H3. The molecule has 0 saturated heterocycles. The van der Waals surface area contributed by atoms with E-state index >= 15 is 0 Å². The van der Waals surface area contributed by atoms with Crippen LogP contribution >= 0.6 is 0 Å². The molecule has 0 heterocycles. The fourth-order valence-corrected chi connectivity index (χ4v) is 2.11. The van der Waals surface area contributed by atoms with Crippen LogP contribution in [-0.2, 0) is 9.53 Å². The largest absolute Gasteiger partial charge is 0.460 e. The van der Waals surface area contributed by atoms with Crippen LogP contribution in [0.25, 0.3) is 0 Å². The summed E-state index contributed by atoms with van der Waals surface area (Å²) in [5, 5.41) is 0. The zero-order valence-corrected chi connectivity index (χ0v) is 10.9. The highest BCUT2D eigenvalue weighted by Gasteiger charge is 2.23. The molecule has 15 heavy (non-hydrogen) atoms. The summed E-state index contributed by atoms with van der Waals surface area (Å²) in [6.07, 6.45) is 6.04. The van der Waals surface area contributed by atoms with Crippen molar-refractivity contribution in [3.63, 3.8) is 0 Å². The van der Waals surface area contributed by atoms with Crippen molar-refractivity contribution in [2.75, 3.05) is 0 Å². The van der Waals surface area contributed by atoms with Crippen molar-refractivity contribution in [3.05, 3.63) is 0 Å². The number of hydrogen-bond acceptors (Lipinski definition) is 2. The molecule has 0 aliphatic rings. The van der Waals surface area contributed by atoms with E-state index in [1.54, 1.807) is 0 Å². The molecule has 0 aromatic rings. The van der Waals surface area contributed by atoms with Crippen LogP contribution in [0.1, 0.15) is 66.7 Å². The molecular weight excluding hydrogens is 188 g/mol.